The van der Waals surface area contributed by atoms with E-state index in [0.717, 1.165) is 23.3 Å². The van der Waals surface area contributed by atoms with Crippen molar-refractivity contribution in [2.24, 2.45) is 10.7 Å². The number of hydrogen-bond acceptors (Lipinski definition) is 2. The van der Waals surface area contributed by atoms with Crippen LogP contribution in [-0.4, -0.2) is 5.71 Å². The molecule has 0 heterocycles. The van der Waals surface area contributed by atoms with Gasteiger partial charge in [0.05, 0.1) is 17.1 Å². The average molecular weight is 371 g/mol. The first-order valence-electron chi connectivity index (χ1n) is 9.63. The van der Waals surface area contributed by atoms with Gasteiger partial charge in [-0.1, -0.05) is 86.3 Å². The van der Waals surface area contributed by atoms with Crippen molar-refractivity contribution in [2.45, 2.75) is 33.1 Å². The Hall–Kier alpha value is -3.13. The fourth-order valence-corrected chi connectivity index (χ4v) is 3.11. The largest absolute Gasteiger partial charge is 0.397 e. The second-order valence-corrected chi connectivity index (χ2v) is 6.88. The molecule has 2 N–H and O–H groups in total. The summed E-state index contributed by atoms with van der Waals surface area (Å²) in [5, 5.41) is 0. The van der Waals surface area contributed by atoms with Gasteiger partial charge in [0, 0.05) is 5.92 Å². The lowest BCUT2D eigenvalue weighted by molar-refractivity contribution is 0.842. The molecule has 2 heteroatoms. The number of nitrogens with two attached hydrogens (primary N) is 1. The molecular formula is C26H30N2. The van der Waals surface area contributed by atoms with Crippen molar-refractivity contribution in [3.05, 3.63) is 120 Å². The summed E-state index contributed by atoms with van der Waals surface area (Å²) in [4.78, 5) is 5.07. The molecule has 0 saturated carbocycles. The Kier molecular flexibility index (Phi) is 7.76. The maximum Gasteiger partial charge on any atom is 0.0865 e. The van der Waals surface area contributed by atoms with E-state index in [-0.39, 0.29) is 5.92 Å². The van der Waals surface area contributed by atoms with E-state index in [2.05, 4.69) is 75.5 Å². The van der Waals surface area contributed by atoms with Gasteiger partial charge in [0.15, 0.2) is 0 Å². The van der Waals surface area contributed by atoms with Crippen LogP contribution in [0.5, 0.6) is 0 Å². The highest BCUT2D eigenvalue weighted by Gasteiger charge is 2.19. The van der Waals surface area contributed by atoms with Crippen LogP contribution in [0.1, 0.15) is 42.9 Å². The van der Waals surface area contributed by atoms with Gasteiger partial charge in [-0.15, -0.1) is 0 Å². The molecule has 2 rings (SSSR count). The van der Waals surface area contributed by atoms with Crippen LogP contribution in [-0.2, 0) is 0 Å². The third-order valence-electron chi connectivity index (χ3n) is 4.70. The summed E-state index contributed by atoms with van der Waals surface area (Å²) in [6, 6.07) is 19.0. The standard InChI is InChI=1S/C26H30N2/c1-6-19(4)18-25(24(27)8-3)28-26(22-16-12-13-20(5)17-22)23(7-2)21-14-10-9-11-15-21/h6,8-18,23H,1,3,7,27H2,2,4-5H3/b19-18-,25-24-,28-26?. The number of nitrogens with zero attached hydrogens (tertiary/aromatic N) is 1. The highest BCUT2D eigenvalue weighted by atomic mass is 14.8. The average Bonchev–Trinajstić information content (AvgIpc) is 2.72. The van der Waals surface area contributed by atoms with Crippen LogP contribution in [0.15, 0.2) is 108 Å². The molecule has 0 saturated heterocycles. The van der Waals surface area contributed by atoms with Crippen LogP contribution in [0.4, 0.5) is 0 Å². The van der Waals surface area contributed by atoms with Crippen molar-refractivity contribution in [1.29, 1.82) is 0 Å². The van der Waals surface area contributed by atoms with Gasteiger partial charge in [0.2, 0.25) is 0 Å². The van der Waals surface area contributed by atoms with Crippen LogP contribution in [0.25, 0.3) is 0 Å². The minimum absolute atomic E-state index is 0.160. The normalized spacial score (nSPS) is 14.2. The lowest BCUT2D eigenvalue weighted by Gasteiger charge is -2.20. The molecule has 0 aliphatic heterocycles. The first kappa shape index (κ1) is 21.2. The topological polar surface area (TPSA) is 38.4 Å². The second kappa shape index (κ2) is 10.3. The number of allylic oxidation sites excluding steroid dienone is 4. The third kappa shape index (κ3) is 5.43. The lowest BCUT2D eigenvalue weighted by Crippen LogP contribution is -2.15. The van der Waals surface area contributed by atoms with E-state index in [1.165, 1.54) is 11.1 Å². The van der Waals surface area contributed by atoms with Crippen molar-refractivity contribution < 1.29 is 0 Å². The van der Waals surface area contributed by atoms with E-state index in [9.17, 15) is 0 Å². The highest BCUT2D eigenvalue weighted by Crippen LogP contribution is 2.27. The zero-order valence-electron chi connectivity index (χ0n) is 17.2. The summed E-state index contributed by atoms with van der Waals surface area (Å²) in [6.07, 6.45) is 6.33. The molecule has 0 aliphatic carbocycles. The molecule has 28 heavy (non-hydrogen) atoms. The quantitative estimate of drug-likeness (QED) is 0.420. The van der Waals surface area contributed by atoms with E-state index >= 15 is 0 Å². The summed E-state index contributed by atoms with van der Waals surface area (Å²) in [6.45, 7) is 13.9. The van der Waals surface area contributed by atoms with E-state index in [4.69, 9.17) is 10.7 Å². The fourth-order valence-electron chi connectivity index (χ4n) is 3.11. The summed E-state index contributed by atoms with van der Waals surface area (Å²) in [5.41, 5.74) is 13.0. The summed E-state index contributed by atoms with van der Waals surface area (Å²) in [5.74, 6) is 0.160. The van der Waals surface area contributed by atoms with Crippen LogP contribution in [0.3, 0.4) is 0 Å². The Balaban J connectivity index is 2.74. The molecule has 2 aromatic carbocycles. The summed E-state index contributed by atoms with van der Waals surface area (Å²) in [7, 11) is 0. The molecule has 0 amide bonds. The molecule has 1 atom stereocenters. The molecule has 0 aromatic heterocycles. The van der Waals surface area contributed by atoms with E-state index < -0.39 is 0 Å². The molecule has 2 aromatic rings. The fraction of sp³-hybridized carbons (Fsp3) is 0.192. The highest BCUT2D eigenvalue weighted by molar-refractivity contribution is 6.06. The van der Waals surface area contributed by atoms with Gasteiger partial charge in [0.25, 0.3) is 0 Å². The van der Waals surface area contributed by atoms with Crippen LogP contribution < -0.4 is 5.73 Å². The summed E-state index contributed by atoms with van der Waals surface area (Å²) < 4.78 is 0. The number of aliphatic imine (C=N–C) groups is 1. The van der Waals surface area contributed by atoms with Crippen molar-refractivity contribution in [3.63, 3.8) is 0 Å². The third-order valence-corrected chi connectivity index (χ3v) is 4.70. The Labute approximate surface area is 169 Å². The van der Waals surface area contributed by atoms with Crippen LogP contribution in [0.2, 0.25) is 0 Å². The van der Waals surface area contributed by atoms with Gasteiger partial charge < -0.3 is 5.73 Å². The predicted molar refractivity (Wildman–Crippen MR) is 123 cm³/mol. The van der Waals surface area contributed by atoms with Crippen molar-refractivity contribution in [3.8, 4) is 0 Å². The Morgan fingerprint density at radius 3 is 2.36 bits per heavy atom. The molecule has 0 radical (unpaired) electrons. The molecule has 0 spiro atoms. The Morgan fingerprint density at radius 2 is 1.79 bits per heavy atom. The van der Waals surface area contributed by atoms with Gasteiger partial charge in [-0.2, -0.15) is 0 Å². The van der Waals surface area contributed by atoms with E-state index in [1.807, 2.05) is 19.1 Å². The summed E-state index contributed by atoms with van der Waals surface area (Å²) >= 11 is 0. The Morgan fingerprint density at radius 1 is 1.07 bits per heavy atom. The number of rotatable bonds is 8. The lowest BCUT2D eigenvalue weighted by atomic mass is 9.87. The van der Waals surface area contributed by atoms with Gasteiger partial charge in [-0.3, -0.25) is 4.99 Å². The minimum atomic E-state index is 0.160. The van der Waals surface area contributed by atoms with E-state index in [1.54, 1.807) is 12.2 Å². The predicted octanol–water partition coefficient (Wildman–Crippen LogP) is 6.47. The van der Waals surface area contributed by atoms with Crippen LogP contribution >= 0.6 is 0 Å². The van der Waals surface area contributed by atoms with Gasteiger partial charge >= 0.3 is 0 Å². The van der Waals surface area contributed by atoms with Crippen molar-refractivity contribution in [1.82, 2.24) is 0 Å². The molecular weight excluding hydrogens is 340 g/mol. The zero-order valence-corrected chi connectivity index (χ0v) is 17.2. The Bertz CT molecular complexity index is 914. The molecule has 1 unspecified atom stereocenters. The molecule has 0 fully saturated rings. The van der Waals surface area contributed by atoms with Crippen molar-refractivity contribution in [2.75, 3.05) is 0 Å². The maximum atomic E-state index is 6.23. The first-order valence-corrected chi connectivity index (χ1v) is 9.63. The second-order valence-electron chi connectivity index (χ2n) is 6.88. The van der Waals surface area contributed by atoms with Gasteiger partial charge in [-0.25, -0.2) is 0 Å². The minimum Gasteiger partial charge on any atom is -0.397 e. The van der Waals surface area contributed by atoms with Gasteiger partial charge in [0.1, 0.15) is 0 Å². The molecule has 0 aliphatic rings. The van der Waals surface area contributed by atoms with E-state index in [0.29, 0.717) is 11.4 Å². The number of hydrogen-bond donors (Lipinski definition) is 1. The zero-order chi connectivity index (χ0) is 20.5. The first-order chi connectivity index (χ1) is 13.5. The number of benzene rings is 2. The monoisotopic (exact) mass is 370 g/mol. The SMILES string of the molecule is C=C/C(C)=C\C(N=C(c1cccc(C)c1)C(CC)c1ccccc1)=C(\N)C=C. The molecule has 2 nitrogen and oxygen atoms in total. The smallest absolute Gasteiger partial charge is 0.0865 e. The molecule has 0 bridgehead atoms. The maximum absolute atomic E-state index is 6.23. The van der Waals surface area contributed by atoms with Gasteiger partial charge in [-0.05, 0) is 49.1 Å². The molecule has 144 valence electrons. The van der Waals surface area contributed by atoms with Crippen LogP contribution in [0, 0.1) is 6.92 Å². The number of aryl methyl sites for hydroxylation is 1. The van der Waals surface area contributed by atoms with Crippen molar-refractivity contribution >= 4 is 5.71 Å².